The molecule has 0 aromatic rings. The molecule has 0 aromatic carbocycles. The van der Waals surface area contributed by atoms with Crippen LogP contribution in [0, 0.1) is 34.5 Å². The van der Waals surface area contributed by atoms with Crippen LogP contribution in [0.25, 0.3) is 0 Å². The molecular formula is C22H29FO3. The van der Waals surface area contributed by atoms with Crippen LogP contribution in [0.4, 0.5) is 4.39 Å². The Hall–Kier alpha value is -1.29. The third-order valence-electron chi connectivity index (χ3n) is 8.42. The zero-order valence-electron chi connectivity index (χ0n) is 16.1. The molecule has 142 valence electrons. The van der Waals surface area contributed by atoms with Crippen molar-refractivity contribution in [3.8, 4) is 0 Å². The zero-order chi connectivity index (χ0) is 19.1. The average molecular weight is 360 g/mol. The molecule has 1 N–H and O–H groups in total. The number of rotatable bonds is 1. The second-order valence-electron chi connectivity index (χ2n) is 9.65. The van der Waals surface area contributed by atoms with E-state index in [0.29, 0.717) is 19.3 Å². The van der Waals surface area contributed by atoms with Gasteiger partial charge >= 0.3 is 0 Å². The number of aliphatic hydroxyl groups excluding tert-OH is 1. The van der Waals surface area contributed by atoms with E-state index in [1.54, 1.807) is 19.1 Å². The quantitative estimate of drug-likeness (QED) is 0.774. The van der Waals surface area contributed by atoms with Crippen LogP contribution in [-0.4, -0.2) is 28.4 Å². The topological polar surface area (TPSA) is 54.4 Å². The molecule has 3 nitrogen and oxygen atoms in total. The molecule has 3 saturated carbocycles. The lowest BCUT2D eigenvalue weighted by atomic mass is 9.45. The van der Waals surface area contributed by atoms with Crippen molar-refractivity contribution in [3.05, 3.63) is 23.8 Å². The summed E-state index contributed by atoms with van der Waals surface area (Å²) in [5, 5.41) is 11.1. The molecule has 0 unspecified atom stereocenters. The van der Waals surface area contributed by atoms with Gasteiger partial charge in [-0.1, -0.05) is 25.5 Å². The van der Waals surface area contributed by atoms with Crippen LogP contribution in [-0.2, 0) is 9.59 Å². The molecular weight excluding hydrogens is 331 g/mol. The highest BCUT2D eigenvalue weighted by Crippen LogP contribution is 2.69. The van der Waals surface area contributed by atoms with Gasteiger partial charge in [0.05, 0.1) is 6.10 Å². The van der Waals surface area contributed by atoms with Crippen molar-refractivity contribution in [2.75, 3.05) is 0 Å². The summed E-state index contributed by atoms with van der Waals surface area (Å²) in [5.41, 5.74) is -2.27. The van der Waals surface area contributed by atoms with Crippen molar-refractivity contribution in [2.24, 2.45) is 34.5 Å². The summed E-state index contributed by atoms with van der Waals surface area (Å²) < 4.78 is 16.8. The predicted molar refractivity (Wildman–Crippen MR) is 97.1 cm³/mol. The Morgan fingerprint density at radius 3 is 2.65 bits per heavy atom. The number of aliphatic hydroxyl groups is 1. The van der Waals surface area contributed by atoms with E-state index in [4.69, 9.17) is 0 Å². The molecule has 0 heterocycles. The normalized spacial score (nSPS) is 52.8. The minimum atomic E-state index is -1.79. The Bertz CT molecular complexity index is 740. The Balaban J connectivity index is 1.82. The fourth-order valence-electron chi connectivity index (χ4n) is 7.44. The molecule has 0 spiro atoms. The van der Waals surface area contributed by atoms with E-state index in [9.17, 15) is 14.7 Å². The van der Waals surface area contributed by atoms with Crippen molar-refractivity contribution in [1.29, 1.82) is 0 Å². The van der Waals surface area contributed by atoms with Gasteiger partial charge in [0.2, 0.25) is 0 Å². The van der Waals surface area contributed by atoms with E-state index in [2.05, 4.69) is 13.8 Å². The van der Waals surface area contributed by atoms with Crippen molar-refractivity contribution in [2.45, 2.75) is 65.2 Å². The third-order valence-corrected chi connectivity index (χ3v) is 8.42. The molecule has 3 fully saturated rings. The van der Waals surface area contributed by atoms with Gasteiger partial charge < -0.3 is 5.11 Å². The lowest BCUT2D eigenvalue weighted by molar-refractivity contribution is -0.195. The number of ketones is 2. The number of hydrogen-bond donors (Lipinski definition) is 1. The van der Waals surface area contributed by atoms with E-state index in [1.165, 1.54) is 6.08 Å². The van der Waals surface area contributed by atoms with E-state index < -0.39 is 17.2 Å². The summed E-state index contributed by atoms with van der Waals surface area (Å²) in [4.78, 5) is 24.2. The largest absolute Gasteiger partial charge is 0.390 e. The van der Waals surface area contributed by atoms with Crippen molar-refractivity contribution in [3.63, 3.8) is 0 Å². The Kier molecular flexibility index (Phi) is 3.74. The molecule has 4 aliphatic carbocycles. The van der Waals surface area contributed by atoms with Crippen LogP contribution >= 0.6 is 0 Å². The number of carbonyl (C=O) groups is 2. The number of allylic oxidation sites excluding steroid dienone is 4. The van der Waals surface area contributed by atoms with Crippen LogP contribution in [0.2, 0.25) is 0 Å². The molecule has 4 heteroatoms. The summed E-state index contributed by atoms with van der Waals surface area (Å²) in [6, 6.07) is 0. The highest BCUT2D eigenvalue weighted by molar-refractivity contribution is 6.01. The molecule has 4 aliphatic rings. The molecule has 0 radical (unpaired) electrons. The average Bonchev–Trinajstić information content (AvgIpc) is 2.80. The standard InChI is InChI=1S/C22H29FO3/c1-12-9-17-16-6-5-14-10-15(25)7-8-21(14,4)22(16,23)18(26)11-20(17,3)19(12)13(2)24/h7-8,10,12,16-19,26H,5-6,9,11H2,1-4H3/t12-,16-,17-,18-,19+,20+,21-,22-/m0/s1. The van der Waals surface area contributed by atoms with E-state index in [0.717, 1.165) is 12.0 Å². The molecule has 0 aliphatic heterocycles. The van der Waals surface area contributed by atoms with Gasteiger partial charge in [-0.3, -0.25) is 9.59 Å². The van der Waals surface area contributed by atoms with Gasteiger partial charge in [0.25, 0.3) is 0 Å². The van der Waals surface area contributed by atoms with Crippen LogP contribution in [0.1, 0.15) is 53.4 Å². The predicted octanol–water partition coefficient (Wildman–Crippen LogP) is 3.81. The third kappa shape index (κ3) is 1.97. The highest BCUT2D eigenvalue weighted by Gasteiger charge is 2.71. The van der Waals surface area contributed by atoms with Gasteiger partial charge in [-0.25, -0.2) is 4.39 Å². The minimum absolute atomic E-state index is 0.0872. The van der Waals surface area contributed by atoms with Gasteiger partial charge in [0.1, 0.15) is 5.78 Å². The number of alkyl halides is 1. The Labute approximate surface area is 154 Å². The molecule has 0 aromatic heterocycles. The maximum atomic E-state index is 16.8. The van der Waals surface area contributed by atoms with E-state index in [1.807, 2.05) is 6.92 Å². The summed E-state index contributed by atoms with van der Waals surface area (Å²) >= 11 is 0. The van der Waals surface area contributed by atoms with E-state index >= 15 is 4.39 Å². The fourth-order valence-corrected chi connectivity index (χ4v) is 7.44. The SMILES string of the molecule is CC(=O)[C@H]1[C@@H](C)C[C@H]2[C@@H]3CCC4=CC(=O)C=C[C@]4(C)[C@@]3(F)[C@@H](O)C[C@]21C. The van der Waals surface area contributed by atoms with Gasteiger partial charge in [-0.15, -0.1) is 0 Å². The summed E-state index contributed by atoms with van der Waals surface area (Å²) in [7, 11) is 0. The first-order valence-electron chi connectivity index (χ1n) is 9.87. The highest BCUT2D eigenvalue weighted by atomic mass is 19.1. The van der Waals surface area contributed by atoms with Crippen molar-refractivity contribution < 1.29 is 19.1 Å². The molecule has 0 bridgehead atoms. The second kappa shape index (κ2) is 5.37. The number of fused-ring (bicyclic) bond motifs is 5. The molecule has 26 heavy (non-hydrogen) atoms. The minimum Gasteiger partial charge on any atom is -0.390 e. The van der Waals surface area contributed by atoms with E-state index in [-0.39, 0.29) is 40.7 Å². The first kappa shape index (κ1) is 18.1. The molecule has 0 saturated heterocycles. The Morgan fingerprint density at radius 2 is 2.00 bits per heavy atom. The lowest BCUT2D eigenvalue weighted by Crippen LogP contribution is -2.66. The fraction of sp³-hybridized carbons (Fsp3) is 0.727. The first-order valence-corrected chi connectivity index (χ1v) is 9.87. The number of carbonyl (C=O) groups excluding carboxylic acids is 2. The lowest BCUT2D eigenvalue weighted by Gasteiger charge is -2.61. The summed E-state index contributed by atoms with van der Waals surface area (Å²) in [6.45, 7) is 7.65. The van der Waals surface area contributed by atoms with Crippen LogP contribution in [0.15, 0.2) is 23.8 Å². The van der Waals surface area contributed by atoms with Gasteiger partial charge in [0, 0.05) is 17.3 Å². The van der Waals surface area contributed by atoms with Crippen molar-refractivity contribution >= 4 is 11.6 Å². The van der Waals surface area contributed by atoms with Gasteiger partial charge in [-0.05, 0) is 68.9 Å². The zero-order valence-corrected chi connectivity index (χ0v) is 16.1. The van der Waals surface area contributed by atoms with Crippen LogP contribution in [0.5, 0.6) is 0 Å². The van der Waals surface area contributed by atoms with Crippen LogP contribution < -0.4 is 0 Å². The van der Waals surface area contributed by atoms with Gasteiger partial charge in [0.15, 0.2) is 11.5 Å². The summed E-state index contributed by atoms with van der Waals surface area (Å²) in [5.74, 6) is -0.0370. The number of Topliss-reactive ketones (excluding diaryl/α,β-unsaturated/α-hetero) is 1. The monoisotopic (exact) mass is 360 g/mol. The number of hydrogen-bond acceptors (Lipinski definition) is 3. The Morgan fingerprint density at radius 1 is 1.31 bits per heavy atom. The number of halogens is 1. The first-order chi connectivity index (χ1) is 12.1. The maximum Gasteiger partial charge on any atom is 0.178 e. The molecule has 8 atom stereocenters. The smallest absolute Gasteiger partial charge is 0.178 e. The van der Waals surface area contributed by atoms with Gasteiger partial charge in [-0.2, -0.15) is 0 Å². The maximum absolute atomic E-state index is 16.8. The molecule has 4 rings (SSSR count). The molecule has 0 amide bonds. The second-order valence-corrected chi connectivity index (χ2v) is 9.65. The van der Waals surface area contributed by atoms with Crippen molar-refractivity contribution in [1.82, 2.24) is 0 Å². The summed E-state index contributed by atoms with van der Waals surface area (Å²) in [6.07, 6.45) is 6.02. The van der Waals surface area contributed by atoms with Crippen LogP contribution in [0.3, 0.4) is 0 Å².